The highest BCUT2D eigenvalue weighted by atomic mass is 35.5. The molecular formula is C34H40Cl2F3N3O4. The second-order valence-electron chi connectivity index (χ2n) is 13.5. The lowest BCUT2D eigenvalue weighted by Gasteiger charge is -2.37. The van der Waals surface area contributed by atoms with Gasteiger partial charge < -0.3 is 19.4 Å². The lowest BCUT2D eigenvalue weighted by Crippen LogP contribution is -2.48. The molecule has 1 atom stereocenters. The van der Waals surface area contributed by atoms with Crippen LogP contribution in [0.3, 0.4) is 0 Å². The second-order valence-corrected chi connectivity index (χ2v) is 14.3. The number of rotatable bonds is 5. The first-order valence-electron chi connectivity index (χ1n) is 15.8. The van der Waals surface area contributed by atoms with E-state index in [9.17, 15) is 27.6 Å². The fraction of sp³-hybridized carbons (Fsp3) is 0.559. The number of ether oxygens (including phenoxy) is 1. The van der Waals surface area contributed by atoms with E-state index in [4.69, 9.17) is 27.9 Å². The summed E-state index contributed by atoms with van der Waals surface area (Å²) in [4.78, 5) is 43.9. The Morgan fingerprint density at radius 1 is 0.826 bits per heavy atom. The predicted octanol–water partition coefficient (Wildman–Crippen LogP) is 7.87. The van der Waals surface area contributed by atoms with Gasteiger partial charge in [0.15, 0.2) is 0 Å². The van der Waals surface area contributed by atoms with Gasteiger partial charge in [0.2, 0.25) is 5.91 Å². The summed E-state index contributed by atoms with van der Waals surface area (Å²) in [5.74, 6) is -1.81. The van der Waals surface area contributed by atoms with Crippen LogP contribution >= 0.6 is 23.2 Å². The average molecular weight is 683 g/mol. The maximum Gasteiger partial charge on any atom is 0.410 e. The molecule has 2 aromatic rings. The van der Waals surface area contributed by atoms with Crippen molar-refractivity contribution in [3.63, 3.8) is 0 Å². The number of carbonyl (C=O) groups is 3. The number of carbonyl (C=O) groups excluding carboxylic acids is 3. The first-order chi connectivity index (χ1) is 21.6. The van der Waals surface area contributed by atoms with Gasteiger partial charge >= 0.3 is 12.3 Å². The number of piperidine rings is 2. The van der Waals surface area contributed by atoms with Crippen LogP contribution in [0.5, 0.6) is 0 Å². The lowest BCUT2D eigenvalue weighted by molar-refractivity contribution is -0.183. The molecule has 0 saturated carbocycles. The minimum Gasteiger partial charge on any atom is -0.444 e. The first kappa shape index (κ1) is 34.4. The molecule has 1 unspecified atom stereocenters. The third-order valence-electron chi connectivity index (χ3n) is 9.21. The number of likely N-dealkylation sites (tertiary alicyclic amines) is 3. The van der Waals surface area contributed by atoms with E-state index < -0.39 is 17.7 Å². The number of benzene rings is 2. The summed E-state index contributed by atoms with van der Waals surface area (Å²) in [5.41, 5.74) is 2.09. The van der Waals surface area contributed by atoms with Crippen molar-refractivity contribution in [3.8, 4) is 11.1 Å². The van der Waals surface area contributed by atoms with Crippen LogP contribution in [-0.2, 0) is 16.0 Å². The number of hydrogen-bond donors (Lipinski definition) is 0. The number of hydrogen-bond acceptors (Lipinski definition) is 4. The molecule has 250 valence electrons. The Bertz CT molecular complexity index is 1420. The molecule has 0 aromatic heterocycles. The Hall–Kier alpha value is -2.98. The zero-order chi connectivity index (χ0) is 33.4. The van der Waals surface area contributed by atoms with Crippen LogP contribution in [0.2, 0.25) is 10.0 Å². The molecule has 0 bridgehead atoms. The summed E-state index contributed by atoms with van der Waals surface area (Å²) in [7, 11) is 0. The zero-order valence-corrected chi connectivity index (χ0v) is 27.9. The summed E-state index contributed by atoms with van der Waals surface area (Å²) in [6, 6.07) is 10.5. The maximum atomic E-state index is 13.4. The summed E-state index contributed by atoms with van der Waals surface area (Å²) in [5, 5.41) is 0.902. The minimum atomic E-state index is -4.23. The Kier molecular flexibility index (Phi) is 10.2. The summed E-state index contributed by atoms with van der Waals surface area (Å²) < 4.78 is 44.5. The van der Waals surface area contributed by atoms with Crippen LogP contribution in [-0.4, -0.2) is 83.2 Å². The molecule has 2 aromatic carbocycles. The molecule has 7 nitrogen and oxygen atoms in total. The molecule has 12 heteroatoms. The largest absolute Gasteiger partial charge is 0.444 e. The van der Waals surface area contributed by atoms with Crippen molar-refractivity contribution >= 4 is 41.1 Å². The number of alkyl halides is 3. The Balaban J connectivity index is 1.17. The molecule has 3 saturated heterocycles. The Morgan fingerprint density at radius 2 is 1.39 bits per heavy atom. The fourth-order valence-corrected chi connectivity index (χ4v) is 7.25. The van der Waals surface area contributed by atoms with Gasteiger partial charge in [-0.05, 0) is 100 Å². The third-order valence-corrected chi connectivity index (χ3v) is 9.88. The van der Waals surface area contributed by atoms with Crippen LogP contribution < -0.4 is 0 Å². The van der Waals surface area contributed by atoms with Crippen molar-refractivity contribution in [1.82, 2.24) is 14.7 Å². The molecule has 0 N–H and O–H groups in total. The van der Waals surface area contributed by atoms with E-state index >= 15 is 0 Å². The van der Waals surface area contributed by atoms with Crippen LogP contribution in [0.1, 0.15) is 68.8 Å². The molecular weight excluding hydrogens is 642 g/mol. The monoisotopic (exact) mass is 681 g/mol. The van der Waals surface area contributed by atoms with Gasteiger partial charge in [0.25, 0.3) is 5.91 Å². The topological polar surface area (TPSA) is 70.2 Å². The SMILES string of the molecule is CC(C)(C)OC(=O)N1CCC(N2CCC(Cc3c(Cl)cc(-c4ccc(C(=O)N5CCC(C(F)(F)F)CC5)cc4)cc3Cl)C2=O)CC1. The minimum absolute atomic E-state index is 0.0751. The van der Waals surface area contributed by atoms with Crippen LogP contribution in [0, 0.1) is 11.8 Å². The van der Waals surface area contributed by atoms with E-state index in [1.54, 1.807) is 41.3 Å². The summed E-state index contributed by atoms with van der Waals surface area (Å²) >= 11 is 13.4. The van der Waals surface area contributed by atoms with Crippen molar-refractivity contribution in [1.29, 1.82) is 0 Å². The maximum absolute atomic E-state index is 13.4. The van der Waals surface area contributed by atoms with Gasteiger partial charge in [-0.1, -0.05) is 35.3 Å². The lowest BCUT2D eigenvalue weighted by atomic mass is 9.94. The molecule has 0 spiro atoms. The van der Waals surface area contributed by atoms with Crippen molar-refractivity contribution in [2.24, 2.45) is 11.8 Å². The standard InChI is InChI=1S/C34H40Cl2F3N3O4/c1-33(2,3)46-32(45)41-15-11-26(12-16-41)42-17-8-23(31(42)44)18-27-28(35)19-24(20-29(27)36)21-4-6-22(7-5-21)30(43)40-13-9-25(10-14-40)34(37,38)39/h4-7,19-20,23,25-26H,8-18H2,1-3H3. The molecule has 5 rings (SSSR count). The molecule has 3 fully saturated rings. The van der Waals surface area contributed by atoms with E-state index in [0.29, 0.717) is 66.5 Å². The molecule has 3 heterocycles. The highest BCUT2D eigenvalue weighted by molar-refractivity contribution is 6.36. The van der Waals surface area contributed by atoms with Crippen LogP contribution in [0.4, 0.5) is 18.0 Å². The second kappa shape index (κ2) is 13.6. The average Bonchev–Trinajstić information content (AvgIpc) is 3.37. The molecule has 0 radical (unpaired) electrons. The van der Waals surface area contributed by atoms with Gasteiger partial charge in [0.05, 0.1) is 5.92 Å². The van der Waals surface area contributed by atoms with Crippen LogP contribution in [0.25, 0.3) is 11.1 Å². The quantitative estimate of drug-likeness (QED) is 0.322. The van der Waals surface area contributed by atoms with Crippen molar-refractivity contribution in [3.05, 3.63) is 57.6 Å². The Morgan fingerprint density at radius 3 is 1.93 bits per heavy atom. The normalized spacial score (nSPS) is 20.4. The van der Waals surface area contributed by atoms with Gasteiger partial charge in [-0.2, -0.15) is 13.2 Å². The van der Waals surface area contributed by atoms with E-state index in [0.717, 1.165) is 11.1 Å². The summed E-state index contributed by atoms with van der Waals surface area (Å²) in [6.45, 7) is 7.42. The van der Waals surface area contributed by atoms with Crippen molar-refractivity contribution < 1.29 is 32.3 Å². The predicted molar refractivity (Wildman–Crippen MR) is 171 cm³/mol. The van der Waals surface area contributed by atoms with E-state index in [1.807, 2.05) is 25.7 Å². The van der Waals surface area contributed by atoms with Gasteiger partial charge in [0, 0.05) is 60.3 Å². The third kappa shape index (κ3) is 7.93. The summed E-state index contributed by atoms with van der Waals surface area (Å²) in [6.07, 6.45) is -2.20. The Labute approximate surface area is 277 Å². The molecule has 3 aliphatic heterocycles. The molecule has 46 heavy (non-hydrogen) atoms. The number of halogens is 5. The smallest absolute Gasteiger partial charge is 0.410 e. The molecule has 3 aliphatic rings. The van der Waals surface area contributed by atoms with Crippen molar-refractivity contribution in [2.75, 3.05) is 32.7 Å². The first-order valence-corrected chi connectivity index (χ1v) is 16.6. The number of amides is 3. The van der Waals surface area contributed by atoms with E-state index in [2.05, 4.69) is 0 Å². The van der Waals surface area contributed by atoms with E-state index in [1.165, 1.54) is 4.90 Å². The molecule has 0 aliphatic carbocycles. The van der Waals surface area contributed by atoms with Gasteiger partial charge in [0.1, 0.15) is 5.60 Å². The van der Waals surface area contributed by atoms with Gasteiger partial charge in [-0.3, -0.25) is 9.59 Å². The highest BCUT2D eigenvalue weighted by Crippen LogP contribution is 2.37. The molecule has 3 amide bonds. The highest BCUT2D eigenvalue weighted by Gasteiger charge is 2.42. The fourth-order valence-electron chi connectivity index (χ4n) is 6.61. The van der Waals surface area contributed by atoms with Gasteiger partial charge in [-0.15, -0.1) is 0 Å². The van der Waals surface area contributed by atoms with E-state index in [-0.39, 0.29) is 55.8 Å². The zero-order valence-electron chi connectivity index (χ0n) is 26.3. The van der Waals surface area contributed by atoms with Gasteiger partial charge in [-0.25, -0.2) is 4.79 Å². The van der Waals surface area contributed by atoms with Crippen LogP contribution in [0.15, 0.2) is 36.4 Å². The number of nitrogens with zero attached hydrogens (tertiary/aromatic N) is 3. The van der Waals surface area contributed by atoms with Crippen molar-refractivity contribution in [2.45, 2.75) is 77.1 Å².